The van der Waals surface area contributed by atoms with Crippen LogP contribution in [0.4, 0.5) is 0 Å². The SMILES string of the molecule is O[C@H]1[C@H](O)[C@@H](C2OO2)O[C@H](O)[C@H]1O. The molecule has 5 atom stereocenters. The molecule has 76 valence electrons. The minimum atomic E-state index is -1.55. The van der Waals surface area contributed by atoms with Gasteiger partial charge in [0.2, 0.25) is 0 Å². The summed E-state index contributed by atoms with van der Waals surface area (Å²) in [5.74, 6) is 0. The lowest BCUT2D eigenvalue weighted by molar-refractivity contribution is -0.285. The van der Waals surface area contributed by atoms with Gasteiger partial charge in [0.15, 0.2) is 6.29 Å². The summed E-state index contributed by atoms with van der Waals surface area (Å²) in [6, 6.07) is 0. The third kappa shape index (κ3) is 1.55. The van der Waals surface area contributed by atoms with Crippen LogP contribution >= 0.6 is 0 Å². The van der Waals surface area contributed by atoms with Crippen molar-refractivity contribution >= 4 is 0 Å². The van der Waals surface area contributed by atoms with Gasteiger partial charge in [-0.25, -0.2) is 0 Å². The molecule has 0 saturated carbocycles. The molecule has 0 aromatic heterocycles. The monoisotopic (exact) mass is 194 g/mol. The Bertz CT molecular complexity index is 193. The van der Waals surface area contributed by atoms with Crippen LogP contribution in [-0.2, 0) is 14.5 Å². The maximum Gasteiger partial charge on any atom is 0.253 e. The highest BCUT2D eigenvalue weighted by Gasteiger charge is 2.51. The zero-order valence-electron chi connectivity index (χ0n) is 6.48. The number of hydrogen-bond donors (Lipinski definition) is 4. The summed E-state index contributed by atoms with van der Waals surface area (Å²) < 4.78 is 4.75. The van der Waals surface area contributed by atoms with Gasteiger partial charge in [0.25, 0.3) is 6.29 Å². The van der Waals surface area contributed by atoms with E-state index in [0.29, 0.717) is 0 Å². The molecule has 7 heteroatoms. The zero-order chi connectivity index (χ0) is 9.59. The molecule has 2 fully saturated rings. The zero-order valence-corrected chi connectivity index (χ0v) is 6.48. The lowest BCUT2D eigenvalue weighted by Crippen LogP contribution is -2.58. The van der Waals surface area contributed by atoms with E-state index in [1.807, 2.05) is 0 Å². The average molecular weight is 194 g/mol. The minimum Gasteiger partial charge on any atom is -0.387 e. The first-order valence-electron chi connectivity index (χ1n) is 3.81. The fraction of sp³-hybridized carbons (Fsp3) is 1.00. The van der Waals surface area contributed by atoms with E-state index in [2.05, 4.69) is 9.78 Å². The van der Waals surface area contributed by atoms with E-state index in [1.54, 1.807) is 0 Å². The lowest BCUT2D eigenvalue weighted by Gasteiger charge is -2.36. The Morgan fingerprint density at radius 1 is 0.769 bits per heavy atom. The molecule has 4 N–H and O–H groups in total. The molecule has 13 heavy (non-hydrogen) atoms. The van der Waals surface area contributed by atoms with Crippen molar-refractivity contribution in [2.24, 2.45) is 0 Å². The van der Waals surface area contributed by atoms with E-state index in [0.717, 1.165) is 0 Å². The van der Waals surface area contributed by atoms with Crippen LogP contribution in [0.3, 0.4) is 0 Å². The number of aliphatic hydroxyl groups excluding tert-OH is 4. The summed E-state index contributed by atoms with van der Waals surface area (Å²) >= 11 is 0. The second-order valence-corrected chi connectivity index (χ2v) is 3.02. The van der Waals surface area contributed by atoms with Gasteiger partial charge in [0.05, 0.1) is 0 Å². The highest BCUT2D eigenvalue weighted by molar-refractivity contribution is 4.90. The Morgan fingerprint density at radius 2 is 1.38 bits per heavy atom. The van der Waals surface area contributed by atoms with Crippen molar-refractivity contribution in [1.29, 1.82) is 0 Å². The standard InChI is InChI=1S/C6H10O7/c7-1-2(8)4(6-12-13-6)11-5(10)3(1)9/h1-10H/t1-,2-,3-,4-,5-/m0/s1. The molecule has 0 spiro atoms. The average Bonchev–Trinajstić information content (AvgIpc) is 2.91. The molecule has 0 amide bonds. The van der Waals surface area contributed by atoms with Crippen molar-refractivity contribution in [1.82, 2.24) is 0 Å². The first-order chi connectivity index (χ1) is 6.11. The van der Waals surface area contributed by atoms with Crippen molar-refractivity contribution in [3.8, 4) is 0 Å². The van der Waals surface area contributed by atoms with Crippen LogP contribution in [-0.4, -0.2) is 57.4 Å². The van der Waals surface area contributed by atoms with Gasteiger partial charge in [-0.15, -0.1) is 0 Å². The molecule has 0 aliphatic carbocycles. The normalized spacial score (nSPS) is 52.2. The first kappa shape index (κ1) is 9.28. The molecule has 0 aromatic rings. The van der Waals surface area contributed by atoms with Crippen LogP contribution in [0.15, 0.2) is 0 Å². The summed E-state index contributed by atoms with van der Waals surface area (Å²) in [5.41, 5.74) is 0. The number of aliphatic hydroxyl groups is 4. The number of hydrogen-bond acceptors (Lipinski definition) is 7. The topological polar surface area (TPSA) is 115 Å². The molecule has 2 aliphatic heterocycles. The van der Waals surface area contributed by atoms with E-state index >= 15 is 0 Å². The summed E-state index contributed by atoms with van der Waals surface area (Å²) in [7, 11) is 0. The fourth-order valence-corrected chi connectivity index (χ4v) is 1.25. The second kappa shape index (κ2) is 3.14. The maximum atomic E-state index is 9.33. The summed E-state index contributed by atoms with van der Waals surface area (Å²) in [6.45, 7) is 0. The smallest absolute Gasteiger partial charge is 0.253 e. The Balaban J connectivity index is 2.05. The Labute approximate surface area is 73.0 Å². The Morgan fingerprint density at radius 3 is 1.92 bits per heavy atom. The molecule has 0 radical (unpaired) electrons. The van der Waals surface area contributed by atoms with Crippen LogP contribution in [0.1, 0.15) is 0 Å². The first-order valence-corrected chi connectivity index (χ1v) is 3.81. The van der Waals surface area contributed by atoms with Gasteiger partial charge in [-0.1, -0.05) is 0 Å². The van der Waals surface area contributed by atoms with Crippen molar-refractivity contribution in [3.63, 3.8) is 0 Å². The largest absolute Gasteiger partial charge is 0.387 e. The van der Waals surface area contributed by atoms with Gasteiger partial charge in [-0.3, -0.25) is 0 Å². The highest BCUT2D eigenvalue weighted by Crippen LogP contribution is 2.29. The third-order valence-electron chi connectivity index (χ3n) is 2.10. The molecule has 2 rings (SSSR count). The van der Waals surface area contributed by atoms with Gasteiger partial charge in [-0.2, -0.15) is 9.78 Å². The summed E-state index contributed by atoms with van der Waals surface area (Å²) in [6.07, 6.45) is -7.64. The van der Waals surface area contributed by atoms with Crippen LogP contribution in [0.2, 0.25) is 0 Å². The van der Waals surface area contributed by atoms with Crippen LogP contribution in [0, 0.1) is 0 Å². The maximum absolute atomic E-state index is 9.33. The van der Waals surface area contributed by atoms with E-state index in [4.69, 9.17) is 14.9 Å². The van der Waals surface area contributed by atoms with Gasteiger partial charge in [-0.05, 0) is 0 Å². The summed E-state index contributed by atoms with van der Waals surface area (Å²) in [4.78, 5) is 8.72. The predicted molar refractivity (Wildman–Crippen MR) is 34.9 cm³/mol. The van der Waals surface area contributed by atoms with Crippen molar-refractivity contribution in [2.45, 2.75) is 37.0 Å². The lowest BCUT2D eigenvalue weighted by atomic mass is 9.99. The highest BCUT2D eigenvalue weighted by atomic mass is 17.4. The van der Waals surface area contributed by atoms with Crippen LogP contribution in [0.25, 0.3) is 0 Å². The Hall–Kier alpha value is -0.280. The predicted octanol–water partition coefficient (Wildman–Crippen LogP) is -2.93. The van der Waals surface area contributed by atoms with E-state index in [-0.39, 0.29) is 0 Å². The molecule has 2 saturated heterocycles. The minimum absolute atomic E-state index is 0.785. The van der Waals surface area contributed by atoms with E-state index in [1.165, 1.54) is 0 Å². The van der Waals surface area contributed by atoms with E-state index in [9.17, 15) is 10.2 Å². The molecular formula is C6H10O7. The molecular weight excluding hydrogens is 184 g/mol. The van der Waals surface area contributed by atoms with Crippen molar-refractivity contribution in [3.05, 3.63) is 0 Å². The van der Waals surface area contributed by atoms with Crippen LogP contribution < -0.4 is 0 Å². The molecule has 2 aliphatic rings. The second-order valence-electron chi connectivity index (χ2n) is 3.02. The van der Waals surface area contributed by atoms with Crippen molar-refractivity contribution in [2.75, 3.05) is 0 Å². The fourth-order valence-electron chi connectivity index (χ4n) is 1.25. The third-order valence-corrected chi connectivity index (χ3v) is 2.10. The molecule has 0 bridgehead atoms. The van der Waals surface area contributed by atoms with Gasteiger partial charge in [0, 0.05) is 0 Å². The molecule has 7 nitrogen and oxygen atoms in total. The van der Waals surface area contributed by atoms with Gasteiger partial charge in [0.1, 0.15) is 24.4 Å². The van der Waals surface area contributed by atoms with Gasteiger partial charge >= 0.3 is 0 Å². The quantitative estimate of drug-likeness (QED) is 0.261. The number of rotatable bonds is 1. The summed E-state index contributed by atoms with van der Waals surface area (Å²) in [5, 5.41) is 36.7. The molecule has 0 aromatic carbocycles. The van der Waals surface area contributed by atoms with Gasteiger partial charge < -0.3 is 25.2 Å². The Kier molecular flexibility index (Phi) is 2.24. The number of ether oxygens (including phenoxy) is 1. The van der Waals surface area contributed by atoms with E-state index < -0.39 is 37.0 Å². The van der Waals surface area contributed by atoms with Crippen LogP contribution in [0.5, 0.6) is 0 Å². The molecule has 0 unspecified atom stereocenters. The van der Waals surface area contributed by atoms with Crippen molar-refractivity contribution < 1.29 is 34.9 Å². The molecule has 2 heterocycles.